The van der Waals surface area contributed by atoms with Gasteiger partial charge in [0.25, 0.3) is 10.0 Å². The largest absolute Gasteiger partial charge is 0.497 e. The molecule has 40 heavy (non-hydrogen) atoms. The highest BCUT2D eigenvalue weighted by Gasteiger charge is 2.33. The van der Waals surface area contributed by atoms with Gasteiger partial charge in [-0.2, -0.15) is 0 Å². The first kappa shape index (κ1) is 31.2. The number of anilines is 1. The van der Waals surface area contributed by atoms with E-state index >= 15 is 0 Å². The van der Waals surface area contributed by atoms with Gasteiger partial charge in [-0.3, -0.25) is 13.9 Å². The van der Waals surface area contributed by atoms with Crippen LogP contribution in [0.1, 0.15) is 37.8 Å². The summed E-state index contributed by atoms with van der Waals surface area (Å²) >= 11 is 3.39. The lowest BCUT2D eigenvalue weighted by atomic mass is 10.1. The summed E-state index contributed by atoms with van der Waals surface area (Å²) in [4.78, 5) is 28.8. The quantitative estimate of drug-likeness (QED) is 0.277. The Morgan fingerprint density at radius 2 is 1.68 bits per heavy atom. The number of carbonyl (C=O) groups is 2. The Morgan fingerprint density at radius 1 is 1.00 bits per heavy atom. The van der Waals surface area contributed by atoms with Crippen LogP contribution in [0.5, 0.6) is 5.75 Å². The van der Waals surface area contributed by atoms with Gasteiger partial charge in [-0.1, -0.05) is 59.6 Å². The van der Waals surface area contributed by atoms with E-state index in [-0.39, 0.29) is 17.3 Å². The number of benzene rings is 3. The van der Waals surface area contributed by atoms with Crippen molar-refractivity contribution >= 4 is 43.5 Å². The highest BCUT2D eigenvalue weighted by molar-refractivity contribution is 9.10. The zero-order chi connectivity index (χ0) is 29.3. The number of carbonyl (C=O) groups excluding carboxylic acids is 2. The second-order valence-corrected chi connectivity index (χ2v) is 12.2. The third-order valence-electron chi connectivity index (χ3n) is 6.42. The Bertz CT molecular complexity index is 1400. The van der Waals surface area contributed by atoms with Crippen LogP contribution in [0.3, 0.4) is 0 Å². The van der Waals surface area contributed by atoms with Gasteiger partial charge in [-0.25, -0.2) is 8.42 Å². The van der Waals surface area contributed by atoms with Gasteiger partial charge in [0.1, 0.15) is 18.3 Å². The number of sulfonamides is 1. The van der Waals surface area contributed by atoms with Crippen LogP contribution in [0, 0.1) is 6.92 Å². The van der Waals surface area contributed by atoms with Crippen LogP contribution in [0.15, 0.2) is 82.2 Å². The first-order valence-corrected chi connectivity index (χ1v) is 15.4. The molecule has 1 N–H and O–H groups in total. The lowest BCUT2D eigenvalue weighted by molar-refractivity contribution is -0.140. The predicted octanol–water partition coefficient (Wildman–Crippen LogP) is 5.30. The van der Waals surface area contributed by atoms with Crippen molar-refractivity contribution in [1.82, 2.24) is 10.2 Å². The van der Waals surface area contributed by atoms with Crippen molar-refractivity contribution in [2.45, 2.75) is 51.1 Å². The minimum absolute atomic E-state index is 0.0703. The molecule has 214 valence electrons. The molecule has 0 aliphatic carbocycles. The number of amides is 2. The van der Waals surface area contributed by atoms with Crippen LogP contribution in [0.4, 0.5) is 5.69 Å². The molecular formula is C30H36BrN3O5S. The van der Waals surface area contributed by atoms with E-state index in [4.69, 9.17) is 4.74 Å². The number of ether oxygens (including phenoxy) is 1. The fourth-order valence-electron chi connectivity index (χ4n) is 4.23. The van der Waals surface area contributed by atoms with E-state index in [9.17, 15) is 18.0 Å². The third kappa shape index (κ3) is 7.85. The Hall–Kier alpha value is -3.37. The lowest BCUT2D eigenvalue weighted by Gasteiger charge is -2.33. The molecule has 0 fully saturated rings. The molecule has 0 bridgehead atoms. The molecule has 0 saturated heterocycles. The van der Waals surface area contributed by atoms with Gasteiger partial charge in [0.05, 0.1) is 17.7 Å². The Kier molecular flexibility index (Phi) is 11.2. The molecule has 0 heterocycles. The van der Waals surface area contributed by atoms with Gasteiger partial charge in [0.2, 0.25) is 11.8 Å². The van der Waals surface area contributed by atoms with E-state index in [0.29, 0.717) is 24.4 Å². The summed E-state index contributed by atoms with van der Waals surface area (Å²) < 4.78 is 35.0. The molecule has 0 unspecified atom stereocenters. The summed E-state index contributed by atoms with van der Waals surface area (Å²) in [5, 5.41) is 2.89. The Labute approximate surface area is 245 Å². The number of hydrogen-bond donors (Lipinski definition) is 1. The first-order valence-electron chi connectivity index (χ1n) is 13.2. The normalized spacial score (nSPS) is 11.9. The highest BCUT2D eigenvalue weighted by Crippen LogP contribution is 2.27. The van der Waals surface area contributed by atoms with E-state index in [2.05, 4.69) is 21.2 Å². The standard InChI is InChI=1S/C30H36BrN3O5S/c1-5-18-32-30(36)28(6-2)33(20-23-8-7-9-26(19-23)39-4)29(35)21-34(25-14-12-24(31)13-15-25)40(37,38)27-16-10-22(3)11-17-27/h7-17,19,28H,5-6,18,20-21H2,1-4H3,(H,32,36)/t28-/m0/s1. The first-order chi connectivity index (χ1) is 19.1. The van der Waals surface area contributed by atoms with Crippen LogP contribution in [0.2, 0.25) is 0 Å². The molecule has 0 aliphatic heterocycles. The molecule has 0 spiro atoms. The molecule has 0 saturated carbocycles. The van der Waals surface area contributed by atoms with Crippen LogP contribution >= 0.6 is 15.9 Å². The van der Waals surface area contributed by atoms with Crippen LogP contribution in [-0.4, -0.2) is 51.4 Å². The monoisotopic (exact) mass is 629 g/mol. The molecule has 0 aliphatic rings. The van der Waals surface area contributed by atoms with E-state index < -0.39 is 28.5 Å². The fourth-order valence-corrected chi connectivity index (χ4v) is 5.91. The van der Waals surface area contributed by atoms with E-state index in [1.165, 1.54) is 17.0 Å². The number of methoxy groups -OCH3 is 1. The Morgan fingerprint density at radius 3 is 2.27 bits per heavy atom. The zero-order valence-corrected chi connectivity index (χ0v) is 25.7. The molecular weight excluding hydrogens is 594 g/mol. The number of nitrogens with zero attached hydrogens (tertiary/aromatic N) is 2. The van der Waals surface area contributed by atoms with Gasteiger partial charge in [0, 0.05) is 17.6 Å². The molecule has 3 aromatic rings. The average molecular weight is 631 g/mol. The third-order valence-corrected chi connectivity index (χ3v) is 8.74. The number of aryl methyl sites for hydroxylation is 1. The van der Waals surface area contributed by atoms with Crippen molar-refractivity contribution in [3.8, 4) is 5.75 Å². The molecule has 8 nitrogen and oxygen atoms in total. The van der Waals surface area contributed by atoms with Gasteiger partial charge >= 0.3 is 0 Å². The summed E-state index contributed by atoms with van der Waals surface area (Å²) in [6, 6.07) is 19.7. The van der Waals surface area contributed by atoms with Crippen molar-refractivity contribution in [2.75, 3.05) is 24.5 Å². The number of hydrogen-bond acceptors (Lipinski definition) is 5. The van der Waals surface area contributed by atoms with E-state index in [0.717, 1.165) is 26.3 Å². The number of halogens is 1. The zero-order valence-electron chi connectivity index (χ0n) is 23.3. The minimum atomic E-state index is -4.11. The molecule has 3 aromatic carbocycles. The average Bonchev–Trinajstić information content (AvgIpc) is 2.95. The van der Waals surface area contributed by atoms with Crippen molar-refractivity contribution in [1.29, 1.82) is 0 Å². The molecule has 2 amide bonds. The summed E-state index contributed by atoms with van der Waals surface area (Å²) in [6.45, 7) is 5.75. The maximum atomic E-state index is 14.1. The second kappa shape index (κ2) is 14.3. The predicted molar refractivity (Wildman–Crippen MR) is 161 cm³/mol. The topological polar surface area (TPSA) is 96.0 Å². The van der Waals surface area contributed by atoms with E-state index in [1.807, 2.05) is 32.9 Å². The van der Waals surface area contributed by atoms with Gasteiger partial charge in [-0.15, -0.1) is 0 Å². The molecule has 0 aromatic heterocycles. The molecule has 3 rings (SSSR count). The van der Waals surface area contributed by atoms with Crippen LogP contribution in [-0.2, 0) is 26.2 Å². The lowest BCUT2D eigenvalue weighted by Crippen LogP contribution is -2.52. The second-order valence-electron chi connectivity index (χ2n) is 9.39. The molecule has 0 radical (unpaired) electrons. The van der Waals surface area contributed by atoms with Gasteiger partial charge in [-0.05, 0) is 73.9 Å². The van der Waals surface area contributed by atoms with E-state index in [1.54, 1.807) is 55.6 Å². The van der Waals surface area contributed by atoms with Crippen LogP contribution in [0.25, 0.3) is 0 Å². The maximum absolute atomic E-state index is 14.1. The SMILES string of the molecule is CCCNC(=O)[C@H](CC)N(Cc1cccc(OC)c1)C(=O)CN(c1ccc(Br)cc1)S(=O)(=O)c1ccc(C)cc1. The fraction of sp³-hybridized carbons (Fsp3) is 0.333. The summed E-state index contributed by atoms with van der Waals surface area (Å²) in [5.41, 5.74) is 2.01. The van der Waals surface area contributed by atoms with Crippen molar-refractivity contribution in [3.63, 3.8) is 0 Å². The smallest absolute Gasteiger partial charge is 0.264 e. The molecule has 10 heteroatoms. The van der Waals surface area contributed by atoms with Gasteiger partial charge < -0.3 is 15.0 Å². The number of nitrogens with one attached hydrogen (secondary N) is 1. The van der Waals surface area contributed by atoms with Crippen molar-refractivity contribution < 1.29 is 22.7 Å². The summed E-state index contributed by atoms with van der Waals surface area (Å²) in [7, 11) is -2.56. The van der Waals surface area contributed by atoms with Crippen molar-refractivity contribution in [3.05, 3.63) is 88.4 Å². The van der Waals surface area contributed by atoms with Crippen molar-refractivity contribution in [2.24, 2.45) is 0 Å². The van der Waals surface area contributed by atoms with Crippen LogP contribution < -0.4 is 14.4 Å². The summed E-state index contributed by atoms with van der Waals surface area (Å²) in [6.07, 6.45) is 1.10. The molecule has 1 atom stereocenters. The summed E-state index contributed by atoms with van der Waals surface area (Å²) in [5.74, 6) is -0.163. The van der Waals surface area contributed by atoms with Gasteiger partial charge in [0.15, 0.2) is 0 Å². The Balaban J connectivity index is 2.05. The minimum Gasteiger partial charge on any atom is -0.497 e. The highest BCUT2D eigenvalue weighted by atomic mass is 79.9. The maximum Gasteiger partial charge on any atom is 0.264 e. The number of rotatable bonds is 13.